The number of benzene rings is 1. The average Bonchev–Trinajstić information content (AvgIpc) is 2.36. The predicted octanol–water partition coefficient (Wildman–Crippen LogP) is 2.48. The number of hydrogen-bond donors (Lipinski definition) is 0. The van der Waals surface area contributed by atoms with E-state index in [-0.39, 0.29) is 23.5 Å². The smallest absolute Gasteiger partial charge is 0.155 e. The molecule has 104 valence electrons. The Morgan fingerprint density at radius 1 is 1.37 bits per heavy atom. The van der Waals surface area contributed by atoms with Gasteiger partial charge in [0.15, 0.2) is 9.84 Å². The molecule has 19 heavy (non-hydrogen) atoms. The van der Waals surface area contributed by atoms with Gasteiger partial charge < -0.3 is 4.74 Å². The largest absolute Gasteiger partial charge is 0.492 e. The Morgan fingerprint density at radius 2 is 2.11 bits per heavy atom. The molecular formula is C14H17ClO3S. The molecule has 3 nitrogen and oxygen atoms in total. The highest BCUT2D eigenvalue weighted by Crippen LogP contribution is 2.13. The van der Waals surface area contributed by atoms with Gasteiger partial charge in [-0.25, -0.2) is 8.42 Å². The van der Waals surface area contributed by atoms with Gasteiger partial charge in [0.25, 0.3) is 0 Å². The SMILES string of the molecule is CC(C)S(=O)(=O)CCOc1cccc(C#CCCl)c1. The fourth-order valence-corrected chi connectivity index (χ4v) is 2.16. The molecule has 0 N–H and O–H groups in total. The first-order chi connectivity index (χ1) is 8.95. The van der Waals surface area contributed by atoms with E-state index >= 15 is 0 Å². The Balaban J connectivity index is 2.59. The van der Waals surface area contributed by atoms with Crippen molar-refractivity contribution in [3.63, 3.8) is 0 Å². The van der Waals surface area contributed by atoms with Crippen LogP contribution in [0.25, 0.3) is 0 Å². The van der Waals surface area contributed by atoms with Crippen molar-refractivity contribution < 1.29 is 13.2 Å². The molecule has 0 unspecified atom stereocenters. The first-order valence-corrected chi connectivity index (χ1v) is 8.20. The topological polar surface area (TPSA) is 43.4 Å². The van der Waals surface area contributed by atoms with Gasteiger partial charge >= 0.3 is 0 Å². The summed E-state index contributed by atoms with van der Waals surface area (Å²) in [4.78, 5) is 0. The molecular weight excluding hydrogens is 284 g/mol. The highest BCUT2D eigenvalue weighted by molar-refractivity contribution is 7.91. The Labute approximate surface area is 119 Å². The minimum Gasteiger partial charge on any atom is -0.492 e. The fourth-order valence-electron chi connectivity index (χ4n) is 1.31. The molecule has 0 aromatic heterocycles. The molecule has 5 heteroatoms. The minimum atomic E-state index is -3.06. The molecule has 0 spiro atoms. The molecule has 0 atom stereocenters. The second kappa shape index (κ2) is 7.42. The summed E-state index contributed by atoms with van der Waals surface area (Å²) in [6.45, 7) is 3.47. The van der Waals surface area contributed by atoms with Crippen molar-refractivity contribution in [2.45, 2.75) is 19.1 Å². The van der Waals surface area contributed by atoms with Crippen LogP contribution in [-0.4, -0.2) is 31.9 Å². The Bertz CT molecular complexity index is 568. The van der Waals surface area contributed by atoms with E-state index in [4.69, 9.17) is 16.3 Å². The van der Waals surface area contributed by atoms with Crippen LogP contribution in [0.15, 0.2) is 24.3 Å². The summed E-state index contributed by atoms with van der Waals surface area (Å²) >= 11 is 5.48. The lowest BCUT2D eigenvalue weighted by atomic mass is 10.2. The van der Waals surface area contributed by atoms with Crippen molar-refractivity contribution in [3.05, 3.63) is 29.8 Å². The van der Waals surface area contributed by atoms with Crippen LogP contribution in [0.4, 0.5) is 0 Å². The third-order valence-corrected chi connectivity index (χ3v) is 4.79. The number of hydrogen-bond acceptors (Lipinski definition) is 3. The van der Waals surface area contributed by atoms with Gasteiger partial charge in [-0.2, -0.15) is 0 Å². The normalized spacial score (nSPS) is 10.9. The lowest BCUT2D eigenvalue weighted by Gasteiger charge is -2.09. The molecule has 0 fully saturated rings. The van der Waals surface area contributed by atoms with Gasteiger partial charge in [-0.1, -0.05) is 17.9 Å². The molecule has 0 radical (unpaired) electrons. The van der Waals surface area contributed by atoms with Crippen LogP contribution in [0.1, 0.15) is 19.4 Å². The third kappa shape index (κ3) is 5.54. The molecule has 0 saturated heterocycles. The number of rotatable bonds is 5. The van der Waals surface area contributed by atoms with E-state index in [1.807, 2.05) is 12.1 Å². The van der Waals surface area contributed by atoms with E-state index in [0.717, 1.165) is 5.56 Å². The van der Waals surface area contributed by atoms with Gasteiger partial charge in [0.2, 0.25) is 0 Å². The summed E-state index contributed by atoms with van der Waals surface area (Å²) in [6.07, 6.45) is 0. The number of alkyl halides is 1. The molecule has 0 saturated carbocycles. The van der Waals surface area contributed by atoms with Crippen LogP contribution >= 0.6 is 11.6 Å². The van der Waals surface area contributed by atoms with Crippen LogP contribution in [0, 0.1) is 11.8 Å². The van der Waals surface area contributed by atoms with E-state index in [9.17, 15) is 8.42 Å². The van der Waals surface area contributed by atoms with Gasteiger partial charge in [0, 0.05) is 5.56 Å². The molecule has 0 aliphatic rings. The van der Waals surface area contributed by atoms with Crippen LogP contribution in [-0.2, 0) is 9.84 Å². The van der Waals surface area contributed by atoms with Crippen molar-refractivity contribution in [1.29, 1.82) is 0 Å². The van der Waals surface area contributed by atoms with Crippen molar-refractivity contribution in [3.8, 4) is 17.6 Å². The quantitative estimate of drug-likeness (QED) is 0.620. The summed E-state index contributed by atoms with van der Waals surface area (Å²) in [7, 11) is -3.06. The predicted molar refractivity (Wildman–Crippen MR) is 78.5 cm³/mol. The summed E-state index contributed by atoms with van der Waals surface area (Å²) < 4.78 is 28.7. The van der Waals surface area contributed by atoms with E-state index < -0.39 is 9.84 Å². The minimum absolute atomic E-state index is 0.0161. The van der Waals surface area contributed by atoms with Crippen LogP contribution in [0.2, 0.25) is 0 Å². The van der Waals surface area contributed by atoms with E-state index in [1.54, 1.807) is 26.0 Å². The first-order valence-electron chi connectivity index (χ1n) is 5.95. The summed E-state index contributed by atoms with van der Waals surface area (Å²) in [5, 5.41) is -0.378. The van der Waals surface area contributed by atoms with Crippen molar-refractivity contribution >= 4 is 21.4 Å². The Morgan fingerprint density at radius 3 is 2.74 bits per heavy atom. The molecule has 0 amide bonds. The zero-order chi connectivity index (χ0) is 14.3. The highest BCUT2D eigenvalue weighted by atomic mass is 35.5. The van der Waals surface area contributed by atoms with Crippen LogP contribution < -0.4 is 4.74 Å². The Hall–Kier alpha value is -1.18. The zero-order valence-electron chi connectivity index (χ0n) is 11.0. The van der Waals surface area contributed by atoms with E-state index in [1.165, 1.54) is 0 Å². The second-order valence-corrected chi connectivity index (χ2v) is 7.17. The fraction of sp³-hybridized carbons (Fsp3) is 0.429. The van der Waals surface area contributed by atoms with E-state index in [0.29, 0.717) is 5.75 Å². The van der Waals surface area contributed by atoms with Gasteiger partial charge in [0.1, 0.15) is 12.4 Å². The maximum atomic E-state index is 11.6. The summed E-state index contributed by atoms with van der Waals surface area (Å²) in [5.41, 5.74) is 0.796. The molecule has 0 bridgehead atoms. The van der Waals surface area contributed by atoms with Gasteiger partial charge in [0.05, 0.1) is 16.9 Å². The zero-order valence-corrected chi connectivity index (χ0v) is 12.6. The van der Waals surface area contributed by atoms with Crippen LogP contribution in [0.5, 0.6) is 5.75 Å². The lowest BCUT2D eigenvalue weighted by molar-refractivity contribution is 0.340. The molecule has 0 aliphatic heterocycles. The maximum absolute atomic E-state index is 11.6. The molecule has 0 heterocycles. The first kappa shape index (κ1) is 15.9. The highest BCUT2D eigenvalue weighted by Gasteiger charge is 2.15. The summed E-state index contributed by atoms with van der Waals surface area (Å²) in [6, 6.07) is 7.19. The van der Waals surface area contributed by atoms with Gasteiger partial charge in [-0.15, -0.1) is 11.6 Å². The molecule has 1 aromatic carbocycles. The third-order valence-electron chi connectivity index (χ3n) is 2.49. The van der Waals surface area contributed by atoms with Gasteiger partial charge in [-0.05, 0) is 32.0 Å². The average molecular weight is 301 g/mol. The molecule has 1 rings (SSSR count). The second-order valence-electron chi connectivity index (χ2n) is 4.23. The lowest BCUT2D eigenvalue weighted by Crippen LogP contribution is -2.22. The summed E-state index contributed by atoms with van der Waals surface area (Å²) in [5.74, 6) is 6.53. The van der Waals surface area contributed by atoms with Crippen LogP contribution in [0.3, 0.4) is 0 Å². The number of halogens is 1. The van der Waals surface area contributed by atoms with Crippen molar-refractivity contribution in [1.82, 2.24) is 0 Å². The van der Waals surface area contributed by atoms with Gasteiger partial charge in [-0.3, -0.25) is 0 Å². The molecule has 0 aliphatic carbocycles. The number of ether oxygens (including phenoxy) is 1. The number of sulfone groups is 1. The van der Waals surface area contributed by atoms with Crippen molar-refractivity contribution in [2.24, 2.45) is 0 Å². The molecule has 1 aromatic rings. The standard InChI is InChI=1S/C14H17ClO3S/c1-12(2)19(16,17)10-9-18-14-7-3-5-13(11-14)6-4-8-15/h3,5,7,11-12H,8-10H2,1-2H3. The monoisotopic (exact) mass is 300 g/mol. The van der Waals surface area contributed by atoms with E-state index in [2.05, 4.69) is 11.8 Å². The van der Waals surface area contributed by atoms with Crippen molar-refractivity contribution in [2.75, 3.05) is 18.2 Å². The Kier molecular flexibility index (Phi) is 6.20. The maximum Gasteiger partial charge on any atom is 0.155 e.